The number of carboxylic acid groups (broad SMARTS) is 3. The zero-order valence-electron chi connectivity index (χ0n) is 13.4. The van der Waals surface area contributed by atoms with E-state index in [1.54, 1.807) is 0 Å². The van der Waals surface area contributed by atoms with Crippen LogP contribution >= 0.6 is 0 Å². The molecule has 0 aromatic rings. The summed E-state index contributed by atoms with van der Waals surface area (Å²) in [5.74, 6) is -4.17. The molecule has 1 rings (SSSR count). The van der Waals surface area contributed by atoms with E-state index in [0.29, 0.717) is 6.04 Å². The lowest BCUT2D eigenvalue weighted by molar-refractivity contribution is -0.170. The summed E-state index contributed by atoms with van der Waals surface area (Å²) >= 11 is 0. The molecule has 0 bridgehead atoms. The molecule has 1 unspecified atom stereocenters. The van der Waals surface area contributed by atoms with Gasteiger partial charge in [0.05, 0.1) is 12.8 Å². The van der Waals surface area contributed by atoms with Crippen LogP contribution in [-0.4, -0.2) is 50.0 Å². The molecular formula is C15H27NO7. The molecule has 1 atom stereocenters. The molecule has 0 aromatic carbocycles. The topological polar surface area (TPSA) is 158 Å². The van der Waals surface area contributed by atoms with Gasteiger partial charge in [-0.2, -0.15) is 0 Å². The molecule has 8 heteroatoms. The maximum absolute atomic E-state index is 10.3. The molecule has 1 aliphatic rings. The van der Waals surface area contributed by atoms with Crippen molar-refractivity contribution in [1.82, 2.24) is 0 Å². The largest absolute Gasteiger partial charge is 0.481 e. The monoisotopic (exact) mass is 333 g/mol. The first kappa shape index (κ1) is 21.3. The molecule has 1 aliphatic carbocycles. The van der Waals surface area contributed by atoms with E-state index in [0.717, 1.165) is 12.3 Å². The van der Waals surface area contributed by atoms with Crippen LogP contribution in [0.1, 0.15) is 58.3 Å². The Bertz CT molecular complexity index is 389. The Morgan fingerprint density at radius 2 is 1.48 bits per heavy atom. The van der Waals surface area contributed by atoms with E-state index >= 15 is 0 Å². The minimum atomic E-state index is -2.74. The van der Waals surface area contributed by atoms with Crippen molar-refractivity contribution in [3.05, 3.63) is 0 Å². The summed E-state index contributed by atoms with van der Waals surface area (Å²) in [5.41, 5.74) is 3.21. The van der Waals surface area contributed by atoms with Gasteiger partial charge in [0.1, 0.15) is 0 Å². The van der Waals surface area contributed by atoms with Crippen molar-refractivity contribution >= 4 is 17.9 Å². The smallest absolute Gasteiger partial charge is 0.336 e. The summed E-state index contributed by atoms with van der Waals surface area (Å²) < 4.78 is 0. The fourth-order valence-electron chi connectivity index (χ4n) is 2.61. The molecule has 0 amide bonds. The van der Waals surface area contributed by atoms with Gasteiger partial charge in [0.15, 0.2) is 5.60 Å². The number of carboxylic acids is 3. The molecule has 0 spiro atoms. The SMILES string of the molecule is CCC(N)C1CCCCC1.O=C(O)CC(O)(CC(=O)O)C(=O)O. The molecule has 23 heavy (non-hydrogen) atoms. The summed E-state index contributed by atoms with van der Waals surface area (Å²) in [6.45, 7) is 2.19. The Morgan fingerprint density at radius 1 is 1.04 bits per heavy atom. The Morgan fingerprint density at radius 3 is 1.78 bits per heavy atom. The molecule has 8 nitrogen and oxygen atoms in total. The van der Waals surface area contributed by atoms with Gasteiger partial charge in [-0.15, -0.1) is 0 Å². The lowest BCUT2D eigenvalue weighted by Gasteiger charge is -2.26. The van der Waals surface area contributed by atoms with Crippen LogP contribution in [0.4, 0.5) is 0 Å². The molecular weight excluding hydrogens is 306 g/mol. The average Bonchev–Trinajstić information content (AvgIpc) is 2.46. The van der Waals surface area contributed by atoms with Crippen molar-refractivity contribution in [2.75, 3.05) is 0 Å². The van der Waals surface area contributed by atoms with Gasteiger partial charge >= 0.3 is 17.9 Å². The first-order valence-electron chi connectivity index (χ1n) is 7.77. The average molecular weight is 333 g/mol. The molecule has 6 N–H and O–H groups in total. The maximum atomic E-state index is 10.3. The first-order chi connectivity index (χ1) is 10.6. The first-order valence-corrected chi connectivity index (χ1v) is 7.77. The van der Waals surface area contributed by atoms with Gasteiger partial charge in [0.25, 0.3) is 0 Å². The van der Waals surface area contributed by atoms with E-state index in [1.165, 1.54) is 32.1 Å². The number of aliphatic hydroxyl groups is 1. The predicted octanol–water partition coefficient (Wildman–Crippen LogP) is 1.06. The number of nitrogens with two attached hydrogens (primary N) is 1. The van der Waals surface area contributed by atoms with Crippen LogP contribution in [0, 0.1) is 5.92 Å². The second-order valence-corrected chi connectivity index (χ2v) is 5.95. The van der Waals surface area contributed by atoms with Crippen LogP contribution in [0.25, 0.3) is 0 Å². The van der Waals surface area contributed by atoms with Gasteiger partial charge in [0.2, 0.25) is 0 Å². The summed E-state index contributed by atoms with van der Waals surface area (Å²) in [6.07, 6.45) is 5.90. The van der Waals surface area contributed by atoms with Crippen molar-refractivity contribution < 1.29 is 34.8 Å². The molecule has 1 saturated carbocycles. The third-order valence-electron chi connectivity index (χ3n) is 4.01. The molecule has 0 saturated heterocycles. The molecule has 0 aromatic heterocycles. The zero-order valence-corrected chi connectivity index (χ0v) is 13.4. The Labute approximate surface area is 135 Å². The van der Waals surface area contributed by atoms with Gasteiger partial charge in [-0.3, -0.25) is 9.59 Å². The highest BCUT2D eigenvalue weighted by Gasteiger charge is 2.40. The molecule has 0 heterocycles. The third-order valence-corrected chi connectivity index (χ3v) is 4.01. The van der Waals surface area contributed by atoms with E-state index in [-0.39, 0.29) is 0 Å². The minimum Gasteiger partial charge on any atom is -0.481 e. The van der Waals surface area contributed by atoms with Crippen molar-refractivity contribution in [2.45, 2.75) is 69.9 Å². The summed E-state index contributed by atoms with van der Waals surface area (Å²) in [5, 5.41) is 33.8. The van der Waals surface area contributed by atoms with Crippen molar-refractivity contribution in [3.63, 3.8) is 0 Å². The van der Waals surface area contributed by atoms with E-state index in [1.807, 2.05) is 0 Å². The number of rotatable bonds is 7. The molecule has 1 fully saturated rings. The number of carbonyl (C=O) groups is 3. The predicted molar refractivity (Wildman–Crippen MR) is 81.9 cm³/mol. The molecule has 0 radical (unpaired) electrons. The highest BCUT2D eigenvalue weighted by molar-refractivity contribution is 5.88. The van der Waals surface area contributed by atoms with Crippen molar-refractivity contribution in [3.8, 4) is 0 Å². The lowest BCUT2D eigenvalue weighted by Crippen LogP contribution is -2.42. The van der Waals surface area contributed by atoms with Crippen LogP contribution in [-0.2, 0) is 14.4 Å². The van der Waals surface area contributed by atoms with Crippen LogP contribution in [0.2, 0.25) is 0 Å². The fraction of sp³-hybridized carbons (Fsp3) is 0.800. The van der Waals surface area contributed by atoms with Crippen LogP contribution in [0.3, 0.4) is 0 Å². The number of hydrogen-bond donors (Lipinski definition) is 5. The van der Waals surface area contributed by atoms with Crippen LogP contribution < -0.4 is 5.73 Å². The summed E-state index contributed by atoms with van der Waals surface area (Å²) in [4.78, 5) is 30.5. The van der Waals surface area contributed by atoms with Crippen molar-refractivity contribution in [2.24, 2.45) is 11.7 Å². The van der Waals surface area contributed by atoms with Gasteiger partial charge in [-0.25, -0.2) is 4.79 Å². The van der Waals surface area contributed by atoms with E-state index < -0.39 is 36.4 Å². The highest BCUT2D eigenvalue weighted by Crippen LogP contribution is 2.26. The number of aliphatic carboxylic acids is 3. The fourth-order valence-corrected chi connectivity index (χ4v) is 2.61. The number of hydrogen-bond acceptors (Lipinski definition) is 5. The summed E-state index contributed by atoms with van der Waals surface area (Å²) in [7, 11) is 0. The molecule has 134 valence electrons. The van der Waals surface area contributed by atoms with Crippen LogP contribution in [0.5, 0.6) is 0 Å². The van der Waals surface area contributed by atoms with E-state index in [4.69, 9.17) is 26.2 Å². The zero-order chi connectivity index (χ0) is 18.0. The Hall–Kier alpha value is -1.67. The Kier molecular flexibility index (Phi) is 9.43. The normalized spacial score (nSPS) is 16.8. The lowest BCUT2D eigenvalue weighted by atomic mass is 9.83. The quantitative estimate of drug-likeness (QED) is 0.462. The standard InChI is InChI=1S/C9H19N.C6H8O7/c1-2-9(10)8-6-4-3-5-7-8;7-3(8)1-6(13,5(11)12)2-4(9)10/h8-9H,2-7,10H2,1H3;13H,1-2H2,(H,7,8)(H,9,10)(H,11,12). The maximum Gasteiger partial charge on any atom is 0.336 e. The highest BCUT2D eigenvalue weighted by atomic mass is 16.4. The van der Waals surface area contributed by atoms with Gasteiger partial charge in [-0.05, 0) is 25.2 Å². The second kappa shape index (κ2) is 10.2. The van der Waals surface area contributed by atoms with Crippen molar-refractivity contribution in [1.29, 1.82) is 0 Å². The van der Waals surface area contributed by atoms with Crippen LogP contribution in [0.15, 0.2) is 0 Å². The minimum absolute atomic E-state index is 0.486. The van der Waals surface area contributed by atoms with E-state index in [2.05, 4.69) is 6.92 Å². The molecule has 0 aliphatic heterocycles. The second-order valence-electron chi connectivity index (χ2n) is 5.95. The van der Waals surface area contributed by atoms with Gasteiger partial charge in [-0.1, -0.05) is 26.2 Å². The summed E-state index contributed by atoms with van der Waals surface area (Å²) in [6, 6.07) is 0.486. The van der Waals surface area contributed by atoms with E-state index in [9.17, 15) is 14.4 Å². The van der Waals surface area contributed by atoms with Gasteiger partial charge in [0, 0.05) is 6.04 Å². The van der Waals surface area contributed by atoms with Gasteiger partial charge < -0.3 is 26.2 Å². The third kappa shape index (κ3) is 8.51. The Balaban J connectivity index is 0.000000433.